The Morgan fingerprint density at radius 2 is 1.59 bits per heavy atom. The molecule has 0 unspecified atom stereocenters. The molecule has 0 radical (unpaired) electrons. The Morgan fingerprint density at radius 3 is 2.31 bits per heavy atom. The van der Waals surface area contributed by atoms with Crippen molar-refractivity contribution in [2.75, 3.05) is 20.8 Å². The van der Waals surface area contributed by atoms with Gasteiger partial charge in [0.1, 0.15) is 35.8 Å². The third-order valence-electron chi connectivity index (χ3n) is 14.9. The fourth-order valence-electron chi connectivity index (χ4n) is 11.6. The molecule has 61 heavy (non-hydrogen) atoms. The molecule has 4 aliphatic heterocycles. The lowest BCUT2D eigenvalue weighted by molar-refractivity contribution is -0.318. The second kappa shape index (κ2) is 19.2. The molecular formula is C49H74O12. The highest BCUT2D eigenvalue weighted by Gasteiger charge is 2.59. The number of rotatable bonds is 7. The molecule has 1 spiro atoms. The lowest BCUT2D eigenvalue weighted by Crippen LogP contribution is -2.57. The van der Waals surface area contributed by atoms with Crippen molar-refractivity contribution in [2.24, 2.45) is 35.5 Å². The SMILES string of the molecule is CO[C@H]1C[C@H](O[C@H]2[C@H](C)O[C@@H](O[C@@H]3/C(C)=C/C[C@@H]4C[C@H](CC(=O)[C@@H]5C=C(C)[C@@H](O)[C@H]6OC/C(=C\C=C\[C@@H]3C)[C@]65O)C[C@]3(C=[14CH][C@H](C)[C@@H](C(C)C)O3)C4)C[C@@H]2OC)O[C@@H](C)[C@@H]1O. The van der Waals surface area contributed by atoms with Crippen LogP contribution in [0.25, 0.3) is 0 Å². The van der Waals surface area contributed by atoms with Gasteiger partial charge in [-0.2, -0.15) is 0 Å². The third kappa shape index (κ3) is 9.66. The highest BCUT2D eigenvalue weighted by molar-refractivity contribution is 5.86. The largest absolute Gasteiger partial charge is 0.388 e. The smallest absolute Gasteiger partial charge is 0.161 e. The van der Waals surface area contributed by atoms with Crippen LogP contribution < -0.4 is 0 Å². The van der Waals surface area contributed by atoms with Crippen LogP contribution in [-0.2, 0) is 42.7 Å². The highest BCUT2D eigenvalue weighted by Crippen LogP contribution is 2.50. The van der Waals surface area contributed by atoms with Gasteiger partial charge >= 0.3 is 0 Å². The van der Waals surface area contributed by atoms with Crippen LogP contribution in [0.3, 0.4) is 0 Å². The Labute approximate surface area is 363 Å². The molecule has 3 N–H and O–H groups in total. The van der Waals surface area contributed by atoms with Crippen molar-refractivity contribution in [3.8, 4) is 0 Å². The maximum Gasteiger partial charge on any atom is 0.161 e. The molecule has 0 aromatic carbocycles. The van der Waals surface area contributed by atoms with E-state index in [0.29, 0.717) is 36.3 Å². The van der Waals surface area contributed by atoms with Gasteiger partial charge in [0.2, 0.25) is 0 Å². The van der Waals surface area contributed by atoms with Crippen LogP contribution in [0, 0.1) is 35.5 Å². The van der Waals surface area contributed by atoms with Crippen molar-refractivity contribution in [3.05, 3.63) is 59.3 Å². The first-order valence-electron chi connectivity index (χ1n) is 23.0. The van der Waals surface area contributed by atoms with E-state index in [2.05, 4.69) is 58.9 Å². The summed E-state index contributed by atoms with van der Waals surface area (Å²) >= 11 is 0. The fourth-order valence-corrected chi connectivity index (χ4v) is 11.6. The number of aliphatic hydroxyl groups is 3. The van der Waals surface area contributed by atoms with E-state index in [1.165, 1.54) is 0 Å². The predicted octanol–water partition coefficient (Wildman–Crippen LogP) is 6.31. The molecule has 0 aromatic rings. The summed E-state index contributed by atoms with van der Waals surface area (Å²) in [6.45, 7) is 16.6. The number of hydrogen-bond donors (Lipinski definition) is 3. The Hall–Kier alpha value is -2.07. The van der Waals surface area contributed by atoms with Gasteiger partial charge in [-0.1, -0.05) is 70.2 Å². The van der Waals surface area contributed by atoms with Crippen LogP contribution in [-0.4, -0.2) is 127 Å². The minimum Gasteiger partial charge on any atom is -0.388 e. The van der Waals surface area contributed by atoms with E-state index < -0.39 is 72.4 Å². The molecule has 3 saturated heterocycles. The first-order chi connectivity index (χ1) is 29.0. The second-order valence-corrected chi connectivity index (χ2v) is 19.9. The van der Waals surface area contributed by atoms with Crippen molar-refractivity contribution >= 4 is 5.78 Å². The van der Waals surface area contributed by atoms with Crippen molar-refractivity contribution in [2.45, 2.75) is 185 Å². The number of carbonyl (C=O) groups is 1. The summed E-state index contributed by atoms with van der Waals surface area (Å²) in [4.78, 5) is 14.6. The number of aliphatic hydroxyl groups excluding tert-OH is 2. The average Bonchev–Trinajstić information content (AvgIpc) is 3.56. The van der Waals surface area contributed by atoms with E-state index in [-0.39, 0.29) is 54.4 Å². The molecule has 1 saturated carbocycles. The van der Waals surface area contributed by atoms with Gasteiger partial charge in [0.25, 0.3) is 0 Å². The molecule has 19 atom stereocenters. The number of hydrogen-bond acceptors (Lipinski definition) is 12. The zero-order valence-electron chi connectivity index (χ0n) is 38.1. The quantitative estimate of drug-likeness (QED) is 0.246. The molecule has 0 amide bonds. The molecule has 2 bridgehead atoms. The zero-order valence-corrected chi connectivity index (χ0v) is 38.1. The number of allylic oxidation sites excluding steroid dienone is 3. The van der Waals surface area contributed by atoms with Gasteiger partial charge in [-0.25, -0.2) is 0 Å². The summed E-state index contributed by atoms with van der Waals surface area (Å²) in [6, 6.07) is 0. The van der Waals surface area contributed by atoms with Crippen LogP contribution in [0.5, 0.6) is 0 Å². The Balaban J connectivity index is 1.18. The number of carbonyl (C=O) groups excluding carboxylic acids is 1. The summed E-state index contributed by atoms with van der Waals surface area (Å²) < 4.78 is 50.8. The highest BCUT2D eigenvalue weighted by atomic mass is 16.7. The summed E-state index contributed by atoms with van der Waals surface area (Å²) in [5.74, 6) is -0.103. The molecule has 12 heteroatoms. The molecule has 4 heterocycles. The van der Waals surface area contributed by atoms with E-state index in [0.717, 1.165) is 31.3 Å². The van der Waals surface area contributed by atoms with E-state index in [4.69, 9.17) is 37.9 Å². The van der Waals surface area contributed by atoms with Crippen LogP contribution >= 0.6 is 0 Å². The summed E-state index contributed by atoms with van der Waals surface area (Å²) in [7, 11) is 3.25. The molecule has 12 nitrogen and oxygen atoms in total. The Bertz CT molecular complexity index is 1700. The van der Waals surface area contributed by atoms with E-state index in [1.807, 2.05) is 32.9 Å². The maximum absolute atomic E-state index is 14.6. The fraction of sp³-hybridized carbons (Fsp3) is 0.776. The van der Waals surface area contributed by atoms with Gasteiger partial charge in [0.15, 0.2) is 12.6 Å². The first-order valence-corrected chi connectivity index (χ1v) is 23.0. The lowest BCUT2D eigenvalue weighted by Gasteiger charge is -2.49. The average molecular weight is 857 g/mol. The van der Waals surface area contributed by atoms with Gasteiger partial charge in [0, 0.05) is 45.3 Å². The monoisotopic (exact) mass is 857 g/mol. The Kier molecular flexibility index (Phi) is 14.8. The molecule has 7 rings (SSSR count). The van der Waals surface area contributed by atoms with Gasteiger partial charge in [-0.05, 0) is 87.9 Å². The van der Waals surface area contributed by atoms with Crippen LogP contribution in [0.2, 0.25) is 0 Å². The molecule has 4 fully saturated rings. The number of Topliss-reactive ketones (excluding diaryl/α,β-unsaturated/α-hetero) is 1. The topological polar surface area (TPSA) is 152 Å². The minimum atomic E-state index is -1.68. The van der Waals surface area contributed by atoms with Crippen LogP contribution in [0.4, 0.5) is 0 Å². The van der Waals surface area contributed by atoms with Crippen molar-refractivity contribution in [1.82, 2.24) is 0 Å². The molecule has 3 aliphatic carbocycles. The summed E-state index contributed by atoms with van der Waals surface area (Å²) in [5, 5.41) is 34.3. The normalized spacial score (nSPS) is 49.4. The molecule has 0 aromatic heterocycles. The lowest BCUT2D eigenvalue weighted by atomic mass is 9.65. The van der Waals surface area contributed by atoms with Crippen molar-refractivity contribution < 1.29 is 58.0 Å². The zero-order chi connectivity index (χ0) is 44.0. The summed E-state index contributed by atoms with van der Waals surface area (Å²) in [6.07, 6.45) is 12.6. The summed E-state index contributed by atoms with van der Waals surface area (Å²) in [5.41, 5.74) is 0.125. The molecular weight excluding hydrogens is 783 g/mol. The van der Waals surface area contributed by atoms with Crippen LogP contribution in [0.1, 0.15) is 100 Å². The molecule has 7 aliphatic rings. The van der Waals surface area contributed by atoms with Gasteiger partial charge < -0.3 is 53.2 Å². The second-order valence-electron chi connectivity index (χ2n) is 19.9. The number of methoxy groups -OCH3 is 2. The van der Waals surface area contributed by atoms with Gasteiger partial charge in [-0.15, -0.1) is 0 Å². The standard InChI is InChI=1S/C49H74O12/c1-26(2)44-29(5)16-17-48(61-44)23-33-15-14-28(4)45(59-41-22-39(55-10)46(32(8)58-41)60-40-21-38(54-9)43(52)31(7)57-40)27(3)12-11-13-35-25-56-47-42(51)30(6)18-36(49(35,47)53)37(50)20-34(19-33)24-48/h11-14,16-18,26-27,29,31-34,36,38-47,51-53H,15,19-25H2,1-10H3/b12-11+,28-14+,35-13+/t27-,29-,31-,32-,33+,34+,36-,38-,39-,40-,41-,42+,43-,44+,45-,46-,47+,48-,49+/m0/s1/i16+2. The first kappa shape index (κ1) is 46.9. The predicted molar refractivity (Wildman–Crippen MR) is 229 cm³/mol. The minimum absolute atomic E-state index is 0.0309. The Morgan fingerprint density at radius 1 is 0.902 bits per heavy atom. The number of ether oxygens (including phenoxy) is 8. The van der Waals surface area contributed by atoms with Gasteiger partial charge in [-0.3, -0.25) is 4.79 Å². The number of ketones is 1. The van der Waals surface area contributed by atoms with Crippen molar-refractivity contribution in [3.63, 3.8) is 0 Å². The molecule has 342 valence electrons. The van der Waals surface area contributed by atoms with Crippen molar-refractivity contribution in [1.29, 1.82) is 0 Å². The third-order valence-corrected chi connectivity index (χ3v) is 14.9. The van der Waals surface area contributed by atoms with E-state index in [1.54, 1.807) is 20.3 Å². The number of fused-ring (bicyclic) bond motifs is 2. The maximum atomic E-state index is 14.6. The van der Waals surface area contributed by atoms with Gasteiger partial charge in [0.05, 0.1) is 54.7 Å². The van der Waals surface area contributed by atoms with E-state index in [9.17, 15) is 20.1 Å². The van der Waals surface area contributed by atoms with Crippen LogP contribution in [0.15, 0.2) is 59.3 Å². The van der Waals surface area contributed by atoms with E-state index >= 15 is 0 Å².